The highest BCUT2D eigenvalue weighted by atomic mass is 16.5. The third-order valence-electron chi connectivity index (χ3n) is 3.38. The Morgan fingerprint density at radius 3 is 2.63 bits per heavy atom. The predicted molar refractivity (Wildman–Crippen MR) is 79.7 cm³/mol. The standard InChI is InChI=1S/C16H27NO2/c1-13-8-9-15(14(2)17-3)16(12-13)19-11-7-5-4-6-10-18/h8-9,12,14,17-18H,4-7,10-11H2,1-3H3. The predicted octanol–water partition coefficient (Wildman–Crippen LogP) is 3.21. The van der Waals surface area contributed by atoms with Crippen molar-refractivity contribution < 1.29 is 9.84 Å². The quantitative estimate of drug-likeness (QED) is 0.674. The number of rotatable bonds is 9. The molecule has 19 heavy (non-hydrogen) atoms. The number of aryl methyl sites for hydroxylation is 1. The van der Waals surface area contributed by atoms with Crippen molar-refractivity contribution in [3.05, 3.63) is 29.3 Å². The van der Waals surface area contributed by atoms with E-state index in [0.29, 0.717) is 12.6 Å². The van der Waals surface area contributed by atoms with E-state index in [4.69, 9.17) is 9.84 Å². The van der Waals surface area contributed by atoms with Gasteiger partial charge >= 0.3 is 0 Å². The molecule has 3 heteroatoms. The number of nitrogens with one attached hydrogen (secondary N) is 1. The summed E-state index contributed by atoms with van der Waals surface area (Å²) in [5.74, 6) is 0.990. The molecule has 2 N–H and O–H groups in total. The molecule has 0 fully saturated rings. The summed E-state index contributed by atoms with van der Waals surface area (Å²) in [4.78, 5) is 0. The molecule has 1 unspecified atom stereocenters. The van der Waals surface area contributed by atoms with E-state index in [0.717, 1.165) is 38.0 Å². The molecule has 3 nitrogen and oxygen atoms in total. The van der Waals surface area contributed by atoms with Crippen LogP contribution in [0.3, 0.4) is 0 Å². The average molecular weight is 265 g/mol. The molecule has 0 amide bonds. The topological polar surface area (TPSA) is 41.5 Å². The lowest BCUT2D eigenvalue weighted by Gasteiger charge is -2.17. The summed E-state index contributed by atoms with van der Waals surface area (Å²) in [5.41, 5.74) is 2.44. The normalized spacial score (nSPS) is 12.4. The van der Waals surface area contributed by atoms with Crippen LogP contribution in [-0.2, 0) is 0 Å². The Kier molecular flexibility index (Phi) is 7.53. The average Bonchev–Trinajstić information content (AvgIpc) is 2.42. The van der Waals surface area contributed by atoms with Crippen LogP contribution in [0.2, 0.25) is 0 Å². The Bertz CT molecular complexity index is 366. The second kappa shape index (κ2) is 8.94. The Labute approximate surface area is 117 Å². The van der Waals surface area contributed by atoms with Crippen LogP contribution in [0.4, 0.5) is 0 Å². The lowest BCUT2D eigenvalue weighted by atomic mass is 10.1. The van der Waals surface area contributed by atoms with Gasteiger partial charge in [0, 0.05) is 18.2 Å². The molecule has 0 saturated carbocycles. The van der Waals surface area contributed by atoms with Crippen LogP contribution in [0.5, 0.6) is 5.75 Å². The van der Waals surface area contributed by atoms with Gasteiger partial charge in [-0.25, -0.2) is 0 Å². The van der Waals surface area contributed by atoms with Crippen LogP contribution in [0, 0.1) is 6.92 Å². The number of aliphatic hydroxyl groups is 1. The van der Waals surface area contributed by atoms with Crippen LogP contribution in [0.1, 0.15) is 49.8 Å². The molecule has 0 radical (unpaired) electrons. The first-order valence-corrected chi connectivity index (χ1v) is 7.20. The summed E-state index contributed by atoms with van der Waals surface area (Å²) in [6, 6.07) is 6.66. The van der Waals surface area contributed by atoms with Crippen molar-refractivity contribution in [2.45, 2.75) is 45.6 Å². The summed E-state index contributed by atoms with van der Waals surface area (Å²) in [5, 5.41) is 12.0. The molecule has 0 saturated heterocycles. The van der Waals surface area contributed by atoms with E-state index in [1.165, 1.54) is 11.1 Å². The van der Waals surface area contributed by atoms with E-state index in [-0.39, 0.29) is 0 Å². The molecule has 0 aliphatic heterocycles. The molecule has 1 aromatic carbocycles. The highest BCUT2D eigenvalue weighted by Crippen LogP contribution is 2.26. The molecule has 0 heterocycles. The third-order valence-corrected chi connectivity index (χ3v) is 3.38. The third kappa shape index (κ3) is 5.62. The summed E-state index contributed by atoms with van der Waals surface area (Å²) in [6.45, 7) is 5.27. The highest BCUT2D eigenvalue weighted by molar-refractivity contribution is 5.39. The van der Waals surface area contributed by atoms with Gasteiger partial charge in [0.15, 0.2) is 0 Å². The lowest BCUT2D eigenvalue weighted by Crippen LogP contribution is -2.14. The number of benzene rings is 1. The van der Waals surface area contributed by atoms with Gasteiger partial charge in [-0.1, -0.05) is 18.6 Å². The molecule has 0 spiro atoms. The zero-order valence-electron chi connectivity index (χ0n) is 12.4. The number of hydrogen-bond acceptors (Lipinski definition) is 3. The number of unbranched alkanes of at least 4 members (excludes halogenated alkanes) is 3. The molecule has 0 aromatic heterocycles. The van der Waals surface area contributed by atoms with E-state index >= 15 is 0 Å². The molecule has 0 aliphatic rings. The van der Waals surface area contributed by atoms with E-state index in [1.54, 1.807) is 0 Å². The van der Waals surface area contributed by atoms with Gasteiger partial charge in [0.05, 0.1) is 6.61 Å². The van der Waals surface area contributed by atoms with Crippen molar-refractivity contribution >= 4 is 0 Å². The van der Waals surface area contributed by atoms with Crippen LogP contribution in [0.15, 0.2) is 18.2 Å². The summed E-state index contributed by atoms with van der Waals surface area (Å²) < 4.78 is 5.92. The van der Waals surface area contributed by atoms with Crippen molar-refractivity contribution in [1.29, 1.82) is 0 Å². The lowest BCUT2D eigenvalue weighted by molar-refractivity contribution is 0.272. The number of ether oxygens (including phenoxy) is 1. The zero-order valence-corrected chi connectivity index (χ0v) is 12.4. The second-order valence-corrected chi connectivity index (χ2v) is 5.04. The smallest absolute Gasteiger partial charge is 0.124 e. The van der Waals surface area contributed by atoms with Gasteiger partial charge in [0.2, 0.25) is 0 Å². The van der Waals surface area contributed by atoms with Gasteiger partial charge in [-0.15, -0.1) is 0 Å². The first-order valence-electron chi connectivity index (χ1n) is 7.20. The number of aliphatic hydroxyl groups excluding tert-OH is 1. The van der Waals surface area contributed by atoms with Crippen molar-refractivity contribution in [3.8, 4) is 5.75 Å². The Morgan fingerprint density at radius 2 is 1.95 bits per heavy atom. The van der Waals surface area contributed by atoms with Gasteiger partial charge in [-0.05, 0) is 51.8 Å². The van der Waals surface area contributed by atoms with Crippen LogP contribution in [0.25, 0.3) is 0 Å². The van der Waals surface area contributed by atoms with Crippen molar-refractivity contribution in [2.75, 3.05) is 20.3 Å². The number of hydrogen-bond donors (Lipinski definition) is 2. The first-order chi connectivity index (χ1) is 9.19. The van der Waals surface area contributed by atoms with Crippen molar-refractivity contribution in [1.82, 2.24) is 5.32 Å². The minimum atomic E-state index is 0.294. The van der Waals surface area contributed by atoms with E-state index in [1.807, 2.05) is 7.05 Å². The fraction of sp³-hybridized carbons (Fsp3) is 0.625. The molecule has 0 aliphatic carbocycles. The fourth-order valence-electron chi connectivity index (χ4n) is 2.03. The largest absolute Gasteiger partial charge is 0.493 e. The highest BCUT2D eigenvalue weighted by Gasteiger charge is 2.10. The maximum Gasteiger partial charge on any atom is 0.124 e. The van der Waals surface area contributed by atoms with Crippen molar-refractivity contribution in [3.63, 3.8) is 0 Å². The van der Waals surface area contributed by atoms with Gasteiger partial charge in [0.1, 0.15) is 5.75 Å². The fourth-order valence-corrected chi connectivity index (χ4v) is 2.03. The second-order valence-electron chi connectivity index (χ2n) is 5.04. The monoisotopic (exact) mass is 265 g/mol. The molecule has 1 atom stereocenters. The van der Waals surface area contributed by atoms with Gasteiger partial charge < -0.3 is 15.2 Å². The molecule has 1 aromatic rings. The molecular weight excluding hydrogens is 238 g/mol. The maximum absolute atomic E-state index is 8.72. The van der Waals surface area contributed by atoms with Gasteiger partial charge in [0.25, 0.3) is 0 Å². The van der Waals surface area contributed by atoms with E-state index in [9.17, 15) is 0 Å². The Hall–Kier alpha value is -1.06. The molecular formula is C16H27NO2. The SMILES string of the molecule is CNC(C)c1ccc(C)cc1OCCCCCCO. The summed E-state index contributed by atoms with van der Waals surface area (Å²) >= 11 is 0. The summed E-state index contributed by atoms with van der Waals surface area (Å²) in [6.07, 6.45) is 4.13. The molecule has 1 rings (SSSR count). The van der Waals surface area contributed by atoms with E-state index < -0.39 is 0 Å². The van der Waals surface area contributed by atoms with E-state index in [2.05, 4.69) is 37.4 Å². The molecule has 108 valence electrons. The Morgan fingerprint density at radius 1 is 1.21 bits per heavy atom. The van der Waals surface area contributed by atoms with Crippen LogP contribution < -0.4 is 10.1 Å². The molecule has 0 bridgehead atoms. The zero-order chi connectivity index (χ0) is 14.1. The van der Waals surface area contributed by atoms with Crippen LogP contribution in [-0.4, -0.2) is 25.4 Å². The Balaban J connectivity index is 2.49. The minimum absolute atomic E-state index is 0.294. The van der Waals surface area contributed by atoms with Gasteiger partial charge in [-0.3, -0.25) is 0 Å². The van der Waals surface area contributed by atoms with Crippen molar-refractivity contribution in [2.24, 2.45) is 0 Å². The van der Waals surface area contributed by atoms with Gasteiger partial charge in [-0.2, -0.15) is 0 Å². The minimum Gasteiger partial charge on any atom is -0.493 e. The maximum atomic E-state index is 8.72. The summed E-state index contributed by atoms with van der Waals surface area (Å²) in [7, 11) is 1.96. The first kappa shape index (κ1) is 16.0. The van der Waals surface area contributed by atoms with Crippen LogP contribution >= 0.6 is 0 Å².